The summed E-state index contributed by atoms with van der Waals surface area (Å²) >= 11 is 0. The molecule has 6 rings (SSSR count). The molecule has 4 aliphatic rings. The van der Waals surface area contributed by atoms with Crippen LogP contribution in [0, 0.1) is 0 Å². The lowest BCUT2D eigenvalue weighted by Gasteiger charge is -2.27. The summed E-state index contributed by atoms with van der Waals surface area (Å²) in [7, 11) is 0. The standard InChI is InChI=1S/C26H32N2O5/c1-2-6-24(27(11-20-15-30-20)12-21-16-31-21)19(5-1)9-10-29-26-8-4-3-7-25(26)28(13-22-17-32-22)14-23-18-33-23/h1-8,20-23H,9-18H2. The van der Waals surface area contributed by atoms with Gasteiger partial charge in [0.2, 0.25) is 0 Å². The Kier molecular flexibility index (Phi) is 6.11. The van der Waals surface area contributed by atoms with Crippen LogP contribution in [0.3, 0.4) is 0 Å². The van der Waals surface area contributed by atoms with Crippen LogP contribution in [-0.2, 0) is 25.4 Å². The molecule has 0 saturated carbocycles. The molecule has 2 aromatic carbocycles. The number of hydrogen-bond donors (Lipinski definition) is 0. The largest absolute Gasteiger partial charge is 0.491 e. The summed E-state index contributed by atoms with van der Waals surface area (Å²) in [4.78, 5) is 4.78. The molecule has 0 spiro atoms. The second kappa shape index (κ2) is 9.50. The summed E-state index contributed by atoms with van der Waals surface area (Å²) in [6, 6.07) is 17.0. The minimum Gasteiger partial charge on any atom is -0.491 e. The first kappa shape index (κ1) is 21.2. The maximum absolute atomic E-state index is 6.36. The molecule has 0 radical (unpaired) electrons. The van der Waals surface area contributed by atoms with Gasteiger partial charge in [-0.3, -0.25) is 0 Å². The summed E-state index contributed by atoms with van der Waals surface area (Å²) in [5.41, 5.74) is 3.68. The van der Waals surface area contributed by atoms with E-state index < -0.39 is 0 Å². The van der Waals surface area contributed by atoms with E-state index in [0.717, 1.165) is 70.5 Å². The highest BCUT2D eigenvalue weighted by atomic mass is 16.6. The van der Waals surface area contributed by atoms with Gasteiger partial charge in [0.05, 0.1) is 63.1 Å². The highest BCUT2D eigenvalue weighted by Gasteiger charge is 2.33. The zero-order chi connectivity index (χ0) is 22.0. The van der Waals surface area contributed by atoms with E-state index in [4.69, 9.17) is 23.7 Å². The van der Waals surface area contributed by atoms with Crippen LogP contribution in [0.1, 0.15) is 5.56 Å². The van der Waals surface area contributed by atoms with Gasteiger partial charge < -0.3 is 33.5 Å². The van der Waals surface area contributed by atoms with Gasteiger partial charge in [0.1, 0.15) is 5.75 Å². The molecule has 0 aliphatic carbocycles. The molecule has 2 aromatic rings. The van der Waals surface area contributed by atoms with Crippen molar-refractivity contribution in [1.82, 2.24) is 0 Å². The van der Waals surface area contributed by atoms with Crippen LogP contribution in [0.15, 0.2) is 48.5 Å². The van der Waals surface area contributed by atoms with Crippen molar-refractivity contribution in [3.63, 3.8) is 0 Å². The molecule has 7 heteroatoms. The quantitative estimate of drug-likeness (QED) is 0.408. The van der Waals surface area contributed by atoms with Crippen molar-refractivity contribution >= 4 is 11.4 Å². The highest BCUT2D eigenvalue weighted by Crippen LogP contribution is 2.32. The second-order valence-electron chi connectivity index (χ2n) is 9.33. The van der Waals surface area contributed by atoms with E-state index in [-0.39, 0.29) is 0 Å². The number of anilines is 2. The molecule has 4 fully saturated rings. The first-order valence-corrected chi connectivity index (χ1v) is 12.1. The fourth-order valence-electron chi connectivity index (χ4n) is 4.36. The average molecular weight is 453 g/mol. The van der Waals surface area contributed by atoms with E-state index in [2.05, 4.69) is 52.3 Å². The topological polar surface area (TPSA) is 65.8 Å². The van der Waals surface area contributed by atoms with Crippen molar-refractivity contribution in [3.05, 3.63) is 54.1 Å². The van der Waals surface area contributed by atoms with Crippen molar-refractivity contribution < 1.29 is 23.7 Å². The lowest BCUT2D eigenvalue weighted by atomic mass is 10.1. The van der Waals surface area contributed by atoms with E-state index >= 15 is 0 Å². The summed E-state index contributed by atoms with van der Waals surface area (Å²) in [6.07, 6.45) is 2.17. The predicted octanol–water partition coefficient (Wildman–Crippen LogP) is 2.52. The van der Waals surface area contributed by atoms with E-state index in [0.29, 0.717) is 31.0 Å². The van der Waals surface area contributed by atoms with Gasteiger partial charge in [0.25, 0.3) is 0 Å². The molecule has 4 saturated heterocycles. The van der Waals surface area contributed by atoms with Crippen LogP contribution in [-0.4, -0.2) is 83.6 Å². The number of ether oxygens (including phenoxy) is 5. The smallest absolute Gasteiger partial charge is 0.142 e. The molecule has 4 aliphatic heterocycles. The molecule has 4 heterocycles. The van der Waals surface area contributed by atoms with E-state index in [9.17, 15) is 0 Å². The molecule has 33 heavy (non-hydrogen) atoms. The minimum atomic E-state index is 0.320. The van der Waals surface area contributed by atoms with Gasteiger partial charge in [-0.2, -0.15) is 0 Å². The van der Waals surface area contributed by atoms with Gasteiger partial charge >= 0.3 is 0 Å². The number of epoxide rings is 4. The van der Waals surface area contributed by atoms with Crippen LogP contribution in [0.2, 0.25) is 0 Å². The number of rotatable bonds is 14. The Hall–Kier alpha value is -2.32. The maximum Gasteiger partial charge on any atom is 0.142 e. The van der Waals surface area contributed by atoms with Gasteiger partial charge in [-0.25, -0.2) is 0 Å². The minimum absolute atomic E-state index is 0.320. The van der Waals surface area contributed by atoms with Crippen LogP contribution >= 0.6 is 0 Å². The fourth-order valence-corrected chi connectivity index (χ4v) is 4.36. The third kappa shape index (κ3) is 5.98. The van der Waals surface area contributed by atoms with Gasteiger partial charge in [0, 0.05) is 38.3 Å². The monoisotopic (exact) mass is 452 g/mol. The second-order valence-corrected chi connectivity index (χ2v) is 9.33. The molecular weight excluding hydrogens is 420 g/mol. The van der Waals surface area contributed by atoms with Crippen LogP contribution in [0.25, 0.3) is 0 Å². The molecule has 176 valence electrons. The molecule has 4 unspecified atom stereocenters. The zero-order valence-electron chi connectivity index (χ0n) is 18.9. The zero-order valence-corrected chi connectivity index (χ0v) is 18.9. The normalized spacial score (nSPS) is 26.5. The SMILES string of the molecule is c1ccc(N(CC2CO2)CC2CO2)c(CCOc2ccccc2N(CC2CO2)CC2CO2)c1. The Bertz CT molecular complexity index is 836. The van der Waals surface area contributed by atoms with E-state index in [1.54, 1.807) is 0 Å². The maximum atomic E-state index is 6.36. The Morgan fingerprint density at radius 2 is 1.09 bits per heavy atom. The third-order valence-corrected chi connectivity index (χ3v) is 6.47. The van der Waals surface area contributed by atoms with Crippen molar-refractivity contribution in [2.75, 3.05) is 69.0 Å². The van der Waals surface area contributed by atoms with Crippen molar-refractivity contribution in [3.8, 4) is 5.75 Å². The molecule has 0 bridgehead atoms. The van der Waals surface area contributed by atoms with Gasteiger partial charge in [-0.1, -0.05) is 30.3 Å². The molecule has 0 amide bonds. The Morgan fingerprint density at radius 1 is 0.636 bits per heavy atom. The lowest BCUT2D eigenvalue weighted by molar-refractivity contribution is 0.321. The summed E-state index contributed by atoms with van der Waals surface area (Å²) < 4.78 is 28.4. The Morgan fingerprint density at radius 3 is 1.64 bits per heavy atom. The van der Waals surface area contributed by atoms with Crippen molar-refractivity contribution in [2.24, 2.45) is 0 Å². The summed E-state index contributed by atoms with van der Waals surface area (Å²) in [6.45, 7) is 7.62. The highest BCUT2D eigenvalue weighted by molar-refractivity contribution is 5.59. The van der Waals surface area contributed by atoms with Crippen LogP contribution in [0.4, 0.5) is 11.4 Å². The van der Waals surface area contributed by atoms with Gasteiger partial charge in [-0.05, 0) is 23.8 Å². The predicted molar refractivity (Wildman–Crippen MR) is 125 cm³/mol. The van der Waals surface area contributed by atoms with E-state index in [1.807, 2.05) is 6.07 Å². The molecule has 7 nitrogen and oxygen atoms in total. The van der Waals surface area contributed by atoms with Gasteiger partial charge in [0.15, 0.2) is 0 Å². The summed E-state index contributed by atoms with van der Waals surface area (Å²) in [5.74, 6) is 0.922. The van der Waals surface area contributed by atoms with Crippen LogP contribution in [0.5, 0.6) is 5.75 Å². The molecule has 4 atom stereocenters. The first-order valence-electron chi connectivity index (χ1n) is 12.1. The molecular formula is C26H32N2O5. The lowest BCUT2D eigenvalue weighted by Crippen LogP contribution is -2.32. The Labute approximate surface area is 195 Å². The first-order chi connectivity index (χ1) is 16.3. The average Bonchev–Trinajstić information content (AvgIpc) is 3.66. The number of nitrogens with zero attached hydrogens (tertiary/aromatic N) is 2. The number of para-hydroxylation sites is 3. The number of hydrogen-bond acceptors (Lipinski definition) is 7. The Balaban J connectivity index is 1.13. The van der Waals surface area contributed by atoms with Crippen molar-refractivity contribution in [2.45, 2.75) is 30.8 Å². The fraction of sp³-hybridized carbons (Fsp3) is 0.538. The number of benzene rings is 2. The molecule has 0 aromatic heterocycles. The van der Waals surface area contributed by atoms with E-state index in [1.165, 1.54) is 11.3 Å². The van der Waals surface area contributed by atoms with Crippen LogP contribution < -0.4 is 14.5 Å². The third-order valence-electron chi connectivity index (χ3n) is 6.47. The summed E-state index contributed by atoms with van der Waals surface area (Å²) in [5, 5.41) is 0. The molecule has 0 N–H and O–H groups in total. The van der Waals surface area contributed by atoms with Gasteiger partial charge in [-0.15, -0.1) is 0 Å². The van der Waals surface area contributed by atoms with Crippen molar-refractivity contribution in [1.29, 1.82) is 0 Å².